The number of nitrogen functional groups attached to an aromatic ring is 1. The molecule has 1 unspecified atom stereocenters. The van der Waals surface area contributed by atoms with Crippen LogP contribution in [0.15, 0.2) is 36.4 Å². The first-order chi connectivity index (χ1) is 15.1. The van der Waals surface area contributed by atoms with Crippen LogP contribution in [0.4, 0.5) is 11.8 Å². The van der Waals surface area contributed by atoms with E-state index in [1.807, 2.05) is 12.1 Å². The van der Waals surface area contributed by atoms with Crippen molar-refractivity contribution in [1.29, 1.82) is 0 Å². The number of nitrogens with two attached hydrogens (primary N) is 1. The average Bonchev–Trinajstić information content (AvgIpc) is 2.80. The molecule has 4 rings (SSSR count). The van der Waals surface area contributed by atoms with Crippen LogP contribution in [0.25, 0.3) is 10.9 Å². The van der Waals surface area contributed by atoms with Gasteiger partial charge < -0.3 is 35.3 Å². The highest BCUT2D eigenvalue weighted by molar-refractivity contribution is 5.91. The standard InChI is InChI=1S/C21H23N5O5/c1-28-16-9-12-13(10-17(16)29-2)25-21(26-19(12)22)24-8-7-23-20(27)18-11-30-14-5-3-4-6-15(14)31-18/h3-6,9-10,18H,7-8,11H2,1-2H3,(H,23,27)(H3,22,24,25,26). The van der Waals surface area contributed by atoms with E-state index in [1.54, 1.807) is 38.5 Å². The van der Waals surface area contributed by atoms with Gasteiger partial charge in [0.15, 0.2) is 23.0 Å². The predicted octanol–water partition coefficient (Wildman–Crippen LogP) is 1.60. The predicted molar refractivity (Wildman–Crippen MR) is 115 cm³/mol. The molecular weight excluding hydrogens is 402 g/mol. The van der Waals surface area contributed by atoms with Crippen molar-refractivity contribution in [2.24, 2.45) is 0 Å². The molecular formula is C21H23N5O5. The summed E-state index contributed by atoms with van der Waals surface area (Å²) in [5, 5.41) is 6.52. The van der Waals surface area contributed by atoms with Crippen molar-refractivity contribution in [1.82, 2.24) is 15.3 Å². The lowest BCUT2D eigenvalue weighted by atomic mass is 10.2. The highest BCUT2D eigenvalue weighted by Crippen LogP contribution is 2.33. The Hall–Kier alpha value is -3.95. The van der Waals surface area contributed by atoms with Crippen LogP contribution < -0.4 is 35.3 Å². The van der Waals surface area contributed by atoms with Gasteiger partial charge in [0.05, 0.1) is 19.7 Å². The third-order valence-electron chi connectivity index (χ3n) is 4.74. The summed E-state index contributed by atoms with van der Waals surface area (Å²) in [6.07, 6.45) is -0.704. The van der Waals surface area contributed by atoms with Gasteiger partial charge in [0.25, 0.3) is 5.91 Å². The Balaban J connectivity index is 1.34. The van der Waals surface area contributed by atoms with E-state index >= 15 is 0 Å². The molecule has 10 heteroatoms. The fourth-order valence-corrected chi connectivity index (χ4v) is 3.18. The van der Waals surface area contributed by atoms with Gasteiger partial charge in [-0.25, -0.2) is 4.98 Å². The van der Waals surface area contributed by atoms with Gasteiger partial charge in [0.2, 0.25) is 12.1 Å². The summed E-state index contributed by atoms with van der Waals surface area (Å²) in [5.41, 5.74) is 6.69. The summed E-state index contributed by atoms with van der Waals surface area (Å²) >= 11 is 0. The van der Waals surface area contributed by atoms with E-state index in [-0.39, 0.29) is 12.5 Å². The Labute approximate surface area is 178 Å². The van der Waals surface area contributed by atoms with Crippen LogP contribution >= 0.6 is 0 Å². The van der Waals surface area contributed by atoms with Gasteiger partial charge in [-0.05, 0) is 18.2 Å². The molecule has 10 nitrogen and oxygen atoms in total. The number of nitrogens with one attached hydrogen (secondary N) is 2. The van der Waals surface area contributed by atoms with Crippen molar-refractivity contribution in [2.45, 2.75) is 6.10 Å². The summed E-state index contributed by atoms with van der Waals surface area (Å²) in [6, 6.07) is 10.7. The molecule has 3 aromatic rings. The van der Waals surface area contributed by atoms with Crippen LogP contribution in [0.2, 0.25) is 0 Å². The molecule has 2 aromatic carbocycles. The summed E-state index contributed by atoms with van der Waals surface area (Å²) in [5.74, 6) is 2.68. The van der Waals surface area contributed by atoms with Gasteiger partial charge >= 0.3 is 0 Å². The number of benzene rings is 2. The van der Waals surface area contributed by atoms with Gasteiger partial charge in [-0.2, -0.15) is 4.98 Å². The third kappa shape index (κ3) is 4.32. The molecule has 31 heavy (non-hydrogen) atoms. The lowest BCUT2D eigenvalue weighted by molar-refractivity contribution is -0.130. The molecule has 1 amide bonds. The molecule has 0 radical (unpaired) electrons. The highest BCUT2D eigenvalue weighted by atomic mass is 16.6. The number of para-hydroxylation sites is 2. The van der Waals surface area contributed by atoms with Crippen LogP contribution in [0.1, 0.15) is 0 Å². The topological polar surface area (TPSA) is 130 Å². The highest BCUT2D eigenvalue weighted by Gasteiger charge is 2.26. The maximum Gasteiger partial charge on any atom is 0.264 e. The Morgan fingerprint density at radius 3 is 2.65 bits per heavy atom. The van der Waals surface area contributed by atoms with Crippen LogP contribution in [-0.2, 0) is 4.79 Å². The quantitative estimate of drug-likeness (QED) is 0.483. The number of amides is 1. The molecule has 0 spiro atoms. The van der Waals surface area contributed by atoms with Crippen molar-refractivity contribution >= 4 is 28.6 Å². The normalized spacial score (nSPS) is 14.7. The zero-order valence-corrected chi connectivity index (χ0v) is 17.2. The molecule has 1 atom stereocenters. The first-order valence-corrected chi connectivity index (χ1v) is 9.68. The van der Waals surface area contributed by atoms with Crippen LogP contribution in [0, 0.1) is 0 Å². The van der Waals surface area contributed by atoms with Gasteiger partial charge in [-0.3, -0.25) is 4.79 Å². The number of methoxy groups -OCH3 is 2. The molecule has 0 saturated carbocycles. The largest absolute Gasteiger partial charge is 0.493 e. The van der Waals surface area contributed by atoms with Crippen LogP contribution in [-0.4, -0.2) is 55.9 Å². The number of fused-ring (bicyclic) bond motifs is 2. The summed E-state index contributed by atoms with van der Waals surface area (Å²) in [7, 11) is 3.10. The molecule has 1 aliphatic rings. The minimum atomic E-state index is -0.704. The number of hydrogen-bond acceptors (Lipinski definition) is 9. The molecule has 0 saturated heterocycles. The Bertz CT molecular complexity index is 1110. The molecule has 4 N–H and O–H groups in total. The number of carbonyl (C=O) groups is 1. The van der Waals surface area contributed by atoms with Crippen molar-refractivity contribution in [2.75, 3.05) is 45.0 Å². The van der Waals surface area contributed by atoms with Crippen LogP contribution in [0.3, 0.4) is 0 Å². The molecule has 2 heterocycles. The second-order valence-corrected chi connectivity index (χ2v) is 6.74. The van der Waals surface area contributed by atoms with E-state index in [4.69, 9.17) is 24.7 Å². The molecule has 0 fully saturated rings. The monoisotopic (exact) mass is 425 g/mol. The van der Waals surface area contributed by atoms with E-state index < -0.39 is 6.10 Å². The molecule has 1 aliphatic heterocycles. The fourth-order valence-electron chi connectivity index (χ4n) is 3.18. The Morgan fingerprint density at radius 2 is 1.87 bits per heavy atom. The first-order valence-electron chi connectivity index (χ1n) is 9.68. The van der Waals surface area contributed by atoms with E-state index in [0.29, 0.717) is 58.8 Å². The number of hydrogen-bond donors (Lipinski definition) is 3. The van der Waals surface area contributed by atoms with Crippen molar-refractivity contribution in [3.8, 4) is 23.0 Å². The number of aromatic nitrogens is 2. The summed E-state index contributed by atoms with van der Waals surface area (Å²) in [4.78, 5) is 21.1. The number of anilines is 2. The average molecular weight is 425 g/mol. The zero-order chi connectivity index (χ0) is 21.8. The third-order valence-corrected chi connectivity index (χ3v) is 4.74. The second-order valence-electron chi connectivity index (χ2n) is 6.74. The fraction of sp³-hybridized carbons (Fsp3) is 0.286. The number of carbonyl (C=O) groups excluding carboxylic acids is 1. The SMILES string of the molecule is COc1cc2nc(NCCNC(=O)C3COc4ccccc4O3)nc(N)c2cc1OC. The maximum atomic E-state index is 12.4. The molecule has 0 aliphatic carbocycles. The number of nitrogens with zero attached hydrogens (tertiary/aromatic N) is 2. The van der Waals surface area contributed by atoms with Gasteiger partial charge in [-0.15, -0.1) is 0 Å². The number of rotatable bonds is 7. The van der Waals surface area contributed by atoms with Crippen molar-refractivity contribution in [3.05, 3.63) is 36.4 Å². The zero-order valence-electron chi connectivity index (χ0n) is 17.2. The minimum Gasteiger partial charge on any atom is -0.493 e. The smallest absolute Gasteiger partial charge is 0.264 e. The van der Waals surface area contributed by atoms with Crippen LogP contribution in [0.5, 0.6) is 23.0 Å². The van der Waals surface area contributed by atoms with E-state index in [1.165, 1.54) is 0 Å². The van der Waals surface area contributed by atoms with E-state index in [0.717, 1.165) is 0 Å². The lowest BCUT2D eigenvalue weighted by Gasteiger charge is -2.25. The lowest BCUT2D eigenvalue weighted by Crippen LogP contribution is -2.45. The van der Waals surface area contributed by atoms with Gasteiger partial charge in [0, 0.05) is 24.5 Å². The van der Waals surface area contributed by atoms with E-state index in [2.05, 4.69) is 20.6 Å². The molecule has 0 bridgehead atoms. The number of ether oxygens (including phenoxy) is 4. The van der Waals surface area contributed by atoms with Gasteiger partial charge in [-0.1, -0.05) is 12.1 Å². The summed E-state index contributed by atoms with van der Waals surface area (Å²) in [6.45, 7) is 0.896. The van der Waals surface area contributed by atoms with Crippen molar-refractivity contribution in [3.63, 3.8) is 0 Å². The minimum absolute atomic E-state index is 0.159. The summed E-state index contributed by atoms with van der Waals surface area (Å²) < 4.78 is 21.9. The Kier molecular flexibility index (Phi) is 5.78. The second kappa shape index (κ2) is 8.82. The molecule has 1 aromatic heterocycles. The first kappa shape index (κ1) is 20.3. The Morgan fingerprint density at radius 1 is 1.13 bits per heavy atom. The molecule has 162 valence electrons. The van der Waals surface area contributed by atoms with Gasteiger partial charge in [0.1, 0.15) is 12.4 Å². The van der Waals surface area contributed by atoms with E-state index in [9.17, 15) is 4.79 Å². The maximum absolute atomic E-state index is 12.4. The van der Waals surface area contributed by atoms with Crippen molar-refractivity contribution < 1.29 is 23.7 Å².